The number of nitrogens with zero attached hydrogens (tertiary/aromatic N) is 1. The smallest absolute Gasteiger partial charge is 0.481 e. The number of aliphatic carboxylic acids is 1. The second-order valence-electron chi connectivity index (χ2n) is 6.24. The minimum atomic E-state index is -4.85. The minimum Gasteiger partial charge on any atom is -0.481 e. The van der Waals surface area contributed by atoms with Gasteiger partial charge in [0.2, 0.25) is 0 Å². The maximum atomic E-state index is 12.6. The maximum absolute atomic E-state index is 12.6. The van der Waals surface area contributed by atoms with E-state index in [2.05, 4.69) is 4.74 Å². The Morgan fingerprint density at radius 3 is 2.76 bits per heavy atom. The molecule has 2 saturated heterocycles. The lowest BCUT2D eigenvalue weighted by molar-refractivity contribution is -0.274. The van der Waals surface area contributed by atoms with E-state index in [1.807, 2.05) is 0 Å². The van der Waals surface area contributed by atoms with E-state index in [-0.39, 0.29) is 31.2 Å². The Morgan fingerprint density at radius 1 is 1.36 bits per heavy atom. The number of rotatable bonds is 3. The van der Waals surface area contributed by atoms with E-state index in [4.69, 9.17) is 4.74 Å². The molecule has 2 aliphatic rings. The fourth-order valence-corrected chi connectivity index (χ4v) is 3.46. The van der Waals surface area contributed by atoms with Gasteiger partial charge < -0.3 is 19.5 Å². The number of carbonyl (C=O) groups is 2. The van der Waals surface area contributed by atoms with Crippen molar-refractivity contribution in [1.82, 2.24) is 4.90 Å². The molecule has 1 aromatic carbocycles. The summed E-state index contributed by atoms with van der Waals surface area (Å²) < 4.78 is 46.1. The maximum Gasteiger partial charge on any atom is 0.573 e. The highest BCUT2D eigenvalue weighted by atomic mass is 19.4. The number of fused-ring (bicyclic) bond motifs is 1. The van der Waals surface area contributed by atoms with Crippen LogP contribution in [0.5, 0.6) is 5.75 Å². The Labute approximate surface area is 141 Å². The average Bonchev–Trinajstić information content (AvgIpc) is 2.93. The van der Waals surface area contributed by atoms with Gasteiger partial charge in [0.05, 0.1) is 12.0 Å². The molecule has 9 heteroatoms. The Morgan fingerprint density at radius 2 is 2.12 bits per heavy atom. The molecule has 0 saturated carbocycles. The lowest BCUT2D eigenvalue weighted by atomic mass is 9.74. The van der Waals surface area contributed by atoms with Gasteiger partial charge in [0.15, 0.2) is 0 Å². The summed E-state index contributed by atoms with van der Waals surface area (Å²) in [6, 6.07) is 4.76. The number of alkyl halides is 3. The Kier molecular flexibility index (Phi) is 4.36. The summed E-state index contributed by atoms with van der Waals surface area (Å²) in [7, 11) is 0. The largest absolute Gasteiger partial charge is 0.573 e. The standard InChI is InChI=1S/C16H16F3NO5/c17-16(18,19)25-12-3-1-2-10(6-12)13(21)20-7-11-8-24-5-4-15(11,9-20)14(22)23/h1-3,6,11H,4-5,7-9H2,(H,22,23)/t11-,15+/m0/s1. The van der Waals surface area contributed by atoms with Crippen molar-refractivity contribution in [3.63, 3.8) is 0 Å². The van der Waals surface area contributed by atoms with Crippen molar-refractivity contribution in [2.75, 3.05) is 26.3 Å². The summed E-state index contributed by atoms with van der Waals surface area (Å²) in [5.74, 6) is -2.34. The summed E-state index contributed by atoms with van der Waals surface area (Å²) in [5.41, 5.74) is -1.05. The molecule has 2 fully saturated rings. The number of halogens is 3. The lowest BCUT2D eigenvalue weighted by Crippen LogP contribution is -2.45. The van der Waals surface area contributed by atoms with Crippen molar-refractivity contribution >= 4 is 11.9 Å². The summed E-state index contributed by atoms with van der Waals surface area (Å²) in [6.07, 6.45) is -4.55. The first kappa shape index (κ1) is 17.5. The monoisotopic (exact) mass is 359 g/mol. The zero-order valence-corrected chi connectivity index (χ0v) is 13.1. The highest BCUT2D eigenvalue weighted by Crippen LogP contribution is 2.43. The van der Waals surface area contributed by atoms with Crippen LogP contribution in [-0.2, 0) is 9.53 Å². The molecule has 2 heterocycles. The number of benzene rings is 1. The average molecular weight is 359 g/mol. The summed E-state index contributed by atoms with van der Waals surface area (Å²) in [6.45, 7) is 0.752. The first-order chi connectivity index (χ1) is 11.7. The third kappa shape index (κ3) is 3.41. The Balaban J connectivity index is 1.80. The molecule has 0 aliphatic carbocycles. The molecule has 0 unspecified atom stereocenters. The van der Waals surface area contributed by atoms with Gasteiger partial charge >= 0.3 is 12.3 Å². The summed E-state index contributed by atoms with van der Waals surface area (Å²) in [4.78, 5) is 25.7. The van der Waals surface area contributed by atoms with Crippen LogP contribution in [0.3, 0.4) is 0 Å². The molecule has 1 amide bonds. The van der Waals surface area contributed by atoms with Gasteiger partial charge in [0, 0.05) is 31.2 Å². The van der Waals surface area contributed by atoms with Crippen LogP contribution in [0.15, 0.2) is 24.3 Å². The van der Waals surface area contributed by atoms with E-state index >= 15 is 0 Å². The predicted molar refractivity (Wildman–Crippen MR) is 78.0 cm³/mol. The molecular weight excluding hydrogens is 343 g/mol. The number of carboxylic acids is 1. The van der Waals surface area contributed by atoms with Gasteiger partial charge in [0.25, 0.3) is 5.91 Å². The molecule has 0 radical (unpaired) electrons. The van der Waals surface area contributed by atoms with Crippen molar-refractivity contribution in [2.24, 2.45) is 11.3 Å². The number of carboxylic acid groups (broad SMARTS) is 1. The molecule has 0 aromatic heterocycles. The highest BCUT2D eigenvalue weighted by molar-refractivity contribution is 5.95. The first-order valence-corrected chi connectivity index (χ1v) is 7.67. The zero-order chi connectivity index (χ0) is 18.2. The van der Waals surface area contributed by atoms with Crippen LogP contribution in [0.4, 0.5) is 13.2 Å². The van der Waals surface area contributed by atoms with Crippen LogP contribution >= 0.6 is 0 Å². The summed E-state index contributed by atoms with van der Waals surface area (Å²) in [5, 5.41) is 9.60. The van der Waals surface area contributed by atoms with Crippen LogP contribution in [0.25, 0.3) is 0 Å². The van der Waals surface area contributed by atoms with E-state index in [9.17, 15) is 27.9 Å². The van der Waals surface area contributed by atoms with Crippen LogP contribution < -0.4 is 4.74 Å². The second-order valence-corrected chi connectivity index (χ2v) is 6.24. The fraction of sp³-hybridized carbons (Fsp3) is 0.500. The van der Waals surface area contributed by atoms with Gasteiger partial charge in [-0.25, -0.2) is 0 Å². The SMILES string of the molecule is O=C(c1cccc(OC(F)(F)F)c1)N1C[C@H]2COCC[C@@]2(C(=O)O)C1. The third-order valence-corrected chi connectivity index (χ3v) is 4.73. The van der Waals surface area contributed by atoms with Crippen molar-refractivity contribution in [3.05, 3.63) is 29.8 Å². The first-order valence-electron chi connectivity index (χ1n) is 7.67. The Hall–Kier alpha value is -2.29. The molecular formula is C16H16F3NO5. The van der Waals surface area contributed by atoms with E-state index in [0.29, 0.717) is 13.0 Å². The number of hydrogen-bond acceptors (Lipinski definition) is 4. The molecule has 6 nitrogen and oxygen atoms in total. The molecule has 0 spiro atoms. The molecule has 136 valence electrons. The zero-order valence-electron chi connectivity index (χ0n) is 13.1. The van der Waals surface area contributed by atoms with E-state index < -0.39 is 29.4 Å². The van der Waals surface area contributed by atoms with Crippen molar-refractivity contribution < 1.29 is 37.3 Å². The normalized spacial score (nSPS) is 26.2. The molecule has 3 rings (SSSR count). The number of hydrogen-bond donors (Lipinski definition) is 1. The van der Waals surface area contributed by atoms with Gasteiger partial charge in [-0.1, -0.05) is 6.07 Å². The van der Waals surface area contributed by atoms with E-state index in [0.717, 1.165) is 12.1 Å². The second kappa shape index (κ2) is 6.21. The quantitative estimate of drug-likeness (QED) is 0.895. The molecule has 2 atom stereocenters. The van der Waals surface area contributed by atoms with Crippen molar-refractivity contribution in [2.45, 2.75) is 12.8 Å². The number of likely N-dealkylation sites (tertiary alicyclic amines) is 1. The minimum absolute atomic E-state index is 0.0134. The lowest BCUT2D eigenvalue weighted by Gasteiger charge is -2.33. The van der Waals surface area contributed by atoms with Crippen molar-refractivity contribution in [1.29, 1.82) is 0 Å². The predicted octanol–water partition coefficient (Wildman–Crippen LogP) is 2.15. The third-order valence-electron chi connectivity index (χ3n) is 4.73. The van der Waals surface area contributed by atoms with Gasteiger partial charge in [-0.2, -0.15) is 0 Å². The van der Waals surface area contributed by atoms with Gasteiger partial charge in [-0.15, -0.1) is 13.2 Å². The van der Waals surface area contributed by atoms with Crippen molar-refractivity contribution in [3.8, 4) is 5.75 Å². The molecule has 0 bridgehead atoms. The van der Waals surface area contributed by atoms with Gasteiger partial charge in [-0.3, -0.25) is 9.59 Å². The summed E-state index contributed by atoms with van der Waals surface area (Å²) >= 11 is 0. The van der Waals surface area contributed by atoms with Crippen LogP contribution in [0, 0.1) is 11.3 Å². The number of carbonyl (C=O) groups excluding carboxylic acids is 1. The Bertz CT molecular complexity index is 693. The molecule has 25 heavy (non-hydrogen) atoms. The van der Waals surface area contributed by atoms with Gasteiger partial charge in [0.1, 0.15) is 5.75 Å². The van der Waals surface area contributed by atoms with E-state index in [1.54, 1.807) is 0 Å². The molecule has 2 aliphatic heterocycles. The van der Waals surface area contributed by atoms with Crippen LogP contribution in [0.2, 0.25) is 0 Å². The fourth-order valence-electron chi connectivity index (χ4n) is 3.46. The molecule has 1 aromatic rings. The molecule has 1 N–H and O–H groups in total. The topological polar surface area (TPSA) is 76.1 Å². The number of ether oxygens (including phenoxy) is 2. The highest BCUT2D eigenvalue weighted by Gasteiger charge is 2.55. The van der Waals surface area contributed by atoms with Crippen LogP contribution in [0.1, 0.15) is 16.8 Å². The van der Waals surface area contributed by atoms with Gasteiger partial charge in [-0.05, 0) is 24.6 Å². The number of amides is 1. The van der Waals surface area contributed by atoms with Crippen LogP contribution in [-0.4, -0.2) is 54.5 Å². The van der Waals surface area contributed by atoms with E-state index in [1.165, 1.54) is 17.0 Å².